The molecule has 2 aliphatic rings. The third kappa shape index (κ3) is 4.08. The molecule has 1 aromatic carbocycles. The molecule has 1 unspecified atom stereocenters. The number of ether oxygens (including phenoxy) is 2. The van der Waals surface area contributed by atoms with Crippen molar-refractivity contribution < 1.29 is 23.9 Å². The Bertz CT molecular complexity index is 795. The second-order valence-corrected chi connectivity index (χ2v) is 8.42. The number of likely N-dealkylation sites (tertiary alicyclic amines) is 1. The molecule has 30 heavy (non-hydrogen) atoms. The predicted octanol–water partition coefficient (Wildman–Crippen LogP) is 2.57. The van der Waals surface area contributed by atoms with Crippen LogP contribution in [0.15, 0.2) is 18.2 Å². The summed E-state index contributed by atoms with van der Waals surface area (Å²) < 4.78 is 10.7. The van der Waals surface area contributed by atoms with Crippen molar-refractivity contribution in [3.8, 4) is 11.5 Å². The highest BCUT2D eigenvalue weighted by atomic mass is 16.5. The smallest absolute Gasteiger partial charge is 0.322 e. The molecule has 1 aromatic rings. The molecule has 0 saturated carbocycles. The molecular weight excluding hydrogens is 386 g/mol. The number of benzene rings is 1. The van der Waals surface area contributed by atoms with E-state index in [1.165, 1.54) is 14.2 Å². The number of hydrogen-bond donors (Lipinski definition) is 2. The van der Waals surface area contributed by atoms with Gasteiger partial charge < -0.3 is 19.7 Å². The lowest BCUT2D eigenvalue weighted by atomic mass is 9.74. The van der Waals surface area contributed by atoms with Crippen LogP contribution in [0.4, 0.5) is 4.79 Å². The molecule has 0 radical (unpaired) electrons. The van der Waals surface area contributed by atoms with Gasteiger partial charge in [0.25, 0.3) is 11.8 Å². The van der Waals surface area contributed by atoms with Crippen LogP contribution < -0.4 is 20.1 Å². The second kappa shape index (κ2) is 8.93. The van der Waals surface area contributed by atoms with Gasteiger partial charge in [0.1, 0.15) is 22.6 Å². The van der Waals surface area contributed by atoms with E-state index in [0.717, 1.165) is 6.42 Å². The highest BCUT2D eigenvalue weighted by Crippen LogP contribution is 2.37. The molecule has 0 aromatic heterocycles. The average Bonchev–Trinajstić information content (AvgIpc) is 3.05. The summed E-state index contributed by atoms with van der Waals surface area (Å²) in [6.07, 6.45) is 2.70. The Hall–Kier alpha value is -2.77. The van der Waals surface area contributed by atoms with Crippen LogP contribution in [0, 0.1) is 11.8 Å². The number of hydrogen-bond acceptors (Lipinski definition) is 5. The number of carbonyl (C=O) groups is 3. The van der Waals surface area contributed by atoms with Crippen LogP contribution in [-0.2, 0) is 4.79 Å². The van der Waals surface area contributed by atoms with Gasteiger partial charge in [-0.25, -0.2) is 4.79 Å². The van der Waals surface area contributed by atoms with Gasteiger partial charge in [-0.15, -0.1) is 0 Å². The van der Waals surface area contributed by atoms with Gasteiger partial charge in [0.2, 0.25) is 0 Å². The molecule has 1 atom stereocenters. The molecule has 0 bridgehead atoms. The van der Waals surface area contributed by atoms with Crippen molar-refractivity contribution in [1.29, 1.82) is 0 Å². The molecule has 4 amide bonds. The third-order valence-corrected chi connectivity index (χ3v) is 6.21. The fourth-order valence-electron chi connectivity index (χ4n) is 4.48. The number of carbonyl (C=O) groups excluding carboxylic acids is 3. The minimum absolute atomic E-state index is 0.0219. The van der Waals surface area contributed by atoms with E-state index in [0.29, 0.717) is 55.3 Å². The zero-order valence-electron chi connectivity index (χ0n) is 18.1. The van der Waals surface area contributed by atoms with Crippen molar-refractivity contribution >= 4 is 17.8 Å². The first-order valence-corrected chi connectivity index (χ1v) is 10.5. The Labute approximate surface area is 177 Å². The minimum Gasteiger partial charge on any atom is -0.496 e. The van der Waals surface area contributed by atoms with Crippen LogP contribution in [0.2, 0.25) is 0 Å². The number of imide groups is 1. The van der Waals surface area contributed by atoms with Crippen LogP contribution in [-0.4, -0.2) is 55.6 Å². The molecule has 2 fully saturated rings. The summed E-state index contributed by atoms with van der Waals surface area (Å²) in [5.74, 6) is 0.941. The summed E-state index contributed by atoms with van der Waals surface area (Å²) in [5.41, 5.74) is -0.485. The molecule has 8 heteroatoms. The Kier molecular flexibility index (Phi) is 6.53. The monoisotopic (exact) mass is 417 g/mol. The molecule has 2 saturated heterocycles. The second-order valence-electron chi connectivity index (χ2n) is 8.42. The Morgan fingerprint density at radius 1 is 1.17 bits per heavy atom. The van der Waals surface area contributed by atoms with Gasteiger partial charge in [-0.05, 0) is 49.7 Å². The number of methoxy groups -OCH3 is 2. The summed E-state index contributed by atoms with van der Waals surface area (Å²) in [4.78, 5) is 39.6. The molecule has 8 nitrogen and oxygen atoms in total. The van der Waals surface area contributed by atoms with Crippen molar-refractivity contribution in [1.82, 2.24) is 15.5 Å². The van der Waals surface area contributed by atoms with Gasteiger partial charge in [0, 0.05) is 13.1 Å². The van der Waals surface area contributed by atoms with Gasteiger partial charge in [-0.1, -0.05) is 19.9 Å². The SMILES string of the molecule is COc1cccc(OC)c1C(=O)N1CCC(C2(CCC(C)C)NC(=O)NC2=O)CC1. The number of nitrogens with zero attached hydrogens (tertiary/aromatic N) is 1. The number of urea groups is 1. The van der Waals surface area contributed by atoms with E-state index >= 15 is 0 Å². The molecule has 0 spiro atoms. The standard InChI is InChI=1S/C22H31N3O5/c1-14(2)8-11-22(20(27)23-21(28)24-22)15-9-12-25(13-10-15)19(26)18-16(29-3)6-5-7-17(18)30-4/h5-7,14-15H,8-13H2,1-4H3,(H2,23,24,27,28). The third-order valence-electron chi connectivity index (χ3n) is 6.21. The van der Waals surface area contributed by atoms with E-state index in [1.807, 2.05) is 0 Å². The Morgan fingerprint density at radius 3 is 2.23 bits per heavy atom. The number of amides is 4. The highest BCUT2D eigenvalue weighted by molar-refractivity contribution is 6.07. The molecular formula is C22H31N3O5. The summed E-state index contributed by atoms with van der Waals surface area (Å²) in [5, 5.41) is 5.33. The first-order chi connectivity index (χ1) is 14.3. The van der Waals surface area contributed by atoms with Crippen molar-refractivity contribution in [2.45, 2.75) is 45.1 Å². The molecule has 2 heterocycles. The van der Waals surface area contributed by atoms with Gasteiger partial charge >= 0.3 is 6.03 Å². The molecule has 3 rings (SSSR count). The topological polar surface area (TPSA) is 97.0 Å². The first kappa shape index (κ1) is 21.9. The van der Waals surface area contributed by atoms with E-state index < -0.39 is 11.6 Å². The normalized spacial score (nSPS) is 22.1. The largest absolute Gasteiger partial charge is 0.496 e. The highest BCUT2D eigenvalue weighted by Gasteiger charge is 2.52. The molecule has 164 valence electrons. The number of rotatable bonds is 7. The van der Waals surface area contributed by atoms with E-state index in [2.05, 4.69) is 24.5 Å². The molecule has 2 aliphatic heterocycles. The predicted molar refractivity (Wildman–Crippen MR) is 112 cm³/mol. The van der Waals surface area contributed by atoms with Gasteiger partial charge in [0.15, 0.2) is 0 Å². The number of piperidine rings is 1. The molecule has 0 aliphatic carbocycles. The van der Waals surface area contributed by atoms with Gasteiger partial charge in [-0.3, -0.25) is 14.9 Å². The van der Waals surface area contributed by atoms with E-state index in [-0.39, 0.29) is 17.7 Å². The average molecular weight is 418 g/mol. The maximum Gasteiger partial charge on any atom is 0.322 e. The van der Waals surface area contributed by atoms with Crippen molar-refractivity contribution in [3.05, 3.63) is 23.8 Å². The van der Waals surface area contributed by atoms with Crippen molar-refractivity contribution in [2.75, 3.05) is 27.3 Å². The summed E-state index contributed by atoms with van der Waals surface area (Å²) >= 11 is 0. The van der Waals surface area contributed by atoms with E-state index in [9.17, 15) is 14.4 Å². The quantitative estimate of drug-likeness (QED) is 0.665. The summed E-state index contributed by atoms with van der Waals surface area (Å²) in [6, 6.07) is 4.82. The lowest BCUT2D eigenvalue weighted by Crippen LogP contribution is -2.56. The lowest BCUT2D eigenvalue weighted by molar-refractivity contribution is -0.127. The Morgan fingerprint density at radius 2 is 1.77 bits per heavy atom. The zero-order valence-corrected chi connectivity index (χ0v) is 18.1. The van der Waals surface area contributed by atoms with Crippen LogP contribution >= 0.6 is 0 Å². The molecule has 2 N–H and O–H groups in total. The Balaban J connectivity index is 1.76. The van der Waals surface area contributed by atoms with Gasteiger partial charge in [-0.2, -0.15) is 0 Å². The van der Waals surface area contributed by atoms with Crippen molar-refractivity contribution in [3.63, 3.8) is 0 Å². The van der Waals surface area contributed by atoms with E-state index in [4.69, 9.17) is 9.47 Å². The first-order valence-electron chi connectivity index (χ1n) is 10.5. The van der Waals surface area contributed by atoms with Crippen LogP contribution in [0.5, 0.6) is 11.5 Å². The van der Waals surface area contributed by atoms with Crippen LogP contribution in [0.25, 0.3) is 0 Å². The van der Waals surface area contributed by atoms with Gasteiger partial charge in [0.05, 0.1) is 14.2 Å². The lowest BCUT2D eigenvalue weighted by Gasteiger charge is -2.41. The zero-order chi connectivity index (χ0) is 21.9. The fourth-order valence-corrected chi connectivity index (χ4v) is 4.48. The van der Waals surface area contributed by atoms with E-state index in [1.54, 1.807) is 23.1 Å². The number of nitrogens with one attached hydrogen (secondary N) is 2. The van der Waals surface area contributed by atoms with Crippen molar-refractivity contribution in [2.24, 2.45) is 11.8 Å². The summed E-state index contributed by atoms with van der Waals surface area (Å²) in [7, 11) is 3.05. The van der Waals surface area contributed by atoms with Crippen LogP contribution in [0.3, 0.4) is 0 Å². The van der Waals surface area contributed by atoms with Crippen LogP contribution in [0.1, 0.15) is 49.9 Å². The maximum atomic E-state index is 13.2. The maximum absolute atomic E-state index is 13.2. The minimum atomic E-state index is -0.890. The fraction of sp³-hybridized carbons (Fsp3) is 0.591. The summed E-state index contributed by atoms with van der Waals surface area (Å²) in [6.45, 7) is 5.20.